The molecule has 2 aromatic rings. The number of nitrogens with zero attached hydrogens (tertiary/aromatic N) is 2. The minimum absolute atomic E-state index is 0.0773. The second-order valence-electron chi connectivity index (χ2n) is 8.12. The van der Waals surface area contributed by atoms with Gasteiger partial charge in [-0.3, -0.25) is 9.59 Å². The van der Waals surface area contributed by atoms with E-state index < -0.39 is 5.97 Å². The minimum atomic E-state index is -0.951. The molecule has 1 amide bonds. The van der Waals surface area contributed by atoms with Crippen LogP contribution in [0.25, 0.3) is 0 Å². The van der Waals surface area contributed by atoms with Crippen LogP contribution in [0.1, 0.15) is 69.1 Å². The van der Waals surface area contributed by atoms with Crippen molar-refractivity contribution in [2.24, 2.45) is 7.05 Å². The van der Waals surface area contributed by atoms with E-state index in [0.29, 0.717) is 13.1 Å². The first-order chi connectivity index (χ1) is 14.0. The van der Waals surface area contributed by atoms with E-state index in [2.05, 4.69) is 0 Å². The van der Waals surface area contributed by atoms with Crippen LogP contribution in [-0.4, -0.2) is 39.5 Å². The average Bonchev–Trinajstić information content (AvgIpc) is 2.76. The molecule has 1 fully saturated rings. The molecule has 0 saturated carbocycles. The Morgan fingerprint density at radius 1 is 1.10 bits per heavy atom. The number of carboxylic acid groups (broad SMARTS) is 1. The van der Waals surface area contributed by atoms with Gasteiger partial charge >= 0.3 is 5.97 Å². The van der Waals surface area contributed by atoms with Crippen molar-refractivity contribution in [2.45, 2.75) is 44.4 Å². The minimum Gasteiger partial charge on any atom is -0.478 e. The van der Waals surface area contributed by atoms with Crippen molar-refractivity contribution in [3.63, 3.8) is 0 Å². The zero-order valence-electron chi connectivity index (χ0n) is 16.7. The number of carbonyl (C=O) groups excluding carboxylic acids is 1. The lowest BCUT2D eigenvalue weighted by atomic mass is 9.89. The number of carboxylic acids is 1. The Hall–Kier alpha value is -2.89. The van der Waals surface area contributed by atoms with Crippen LogP contribution in [0.3, 0.4) is 0 Å². The smallest absolute Gasteiger partial charge is 0.335 e. The van der Waals surface area contributed by atoms with Crippen LogP contribution in [0.4, 0.5) is 0 Å². The predicted octanol–water partition coefficient (Wildman–Crippen LogP) is 2.98. The van der Waals surface area contributed by atoms with Gasteiger partial charge in [0.05, 0.1) is 5.56 Å². The van der Waals surface area contributed by atoms with Gasteiger partial charge in [-0.2, -0.15) is 0 Å². The zero-order chi connectivity index (χ0) is 20.5. The molecule has 2 heterocycles. The molecule has 1 aliphatic carbocycles. The molecule has 152 valence electrons. The first-order valence-corrected chi connectivity index (χ1v) is 10.3. The maximum atomic E-state index is 13.2. The number of rotatable bonds is 3. The fourth-order valence-corrected chi connectivity index (χ4v) is 4.67. The Morgan fingerprint density at radius 2 is 1.90 bits per heavy atom. The third kappa shape index (κ3) is 3.71. The average molecular weight is 394 g/mol. The van der Waals surface area contributed by atoms with Crippen molar-refractivity contribution in [3.8, 4) is 0 Å². The van der Waals surface area contributed by atoms with E-state index in [-0.39, 0.29) is 28.5 Å². The molecular weight excluding hydrogens is 368 g/mol. The Balaban J connectivity index is 1.60. The normalized spacial score (nSPS) is 18.9. The van der Waals surface area contributed by atoms with Gasteiger partial charge in [0.25, 0.3) is 11.5 Å². The summed E-state index contributed by atoms with van der Waals surface area (Å²) in [7, 11) is 1.76. The summed E-state index contributed by atoms with van der Waals surface area (Å²) in [6.45, 7) is 1.12. The molecule has 1 atom stereocenters. The number of fused-ring (bicyclic) bond motifs is 1. The standard InChI is InChI=1S/C23H26N2O4/c1-24-20-10-3-2-6-16(20)13-19(21(24)26)22(27)25-11-5-9-18(14-25)15-7-4-8-17(12-15)23(28)29/h4,7-8,12-13,18H,2-3,5-6,9-11,14H2,1H3,(H,28,29)/t18-/m1/s1. The quantitative estimate of drug-likeness (QED) is 0.868. The van der Waals surface area contributed by atoms with Crippen molar-refractivity contribution in [3.05, 3.63) is 68.6 Å². The third-order valence-electron chi connectivity index (χ3n) is 6.28. The van der Waals surface area contributed by atoms with Gasteiger partial charge in [0.1, 0.15) is 5.56 Å². The molecule has 1 aliphatic heterocycles. The van der Waals surface area contributed by atoms with Gasteiger partial charge in [-0.25, -0.2) is 4.79 Å². The third-order valence-corrected chi connectivity index (χ3v) is 6.28. The Kier molecular flexibility index (Phi) is 5.26. The summed E-state index contributed by atoms with van der Waals surface area (Å²) in [5.41, 5.74) is 3.40. The summed E-state index contributed by atoms with van der Waals surface area (Å²) >= 11 is 0. The number of amides is 1. The number of hydrogen-bond donors (Lipinski definition) is 1. The van der Waals surface area contributed by atoms with Crippen molar-refractivity contribution < 1.29 is 14.7 Å². The van der Waals surface area contributed by atoms with Crippen LogP contribution in [0.15, 0.2) is 35.1 Å². The summed E-state index contributed by atoms with van der Waals surface area (Å²) in [5, 5.41) is 9.25. The van der Waals surface area contributed by atoms with E-state index in [1.807, 2.05) is 12.1 Å². The van der Waals surface area contributed by atoms with Crippen molar-refractivity contribution >= 4 is 11.9 Å². The van der Waals surface area contributed by atoms with Gasteiger partial charge in [-0.1, -0.05) is 12.1 Å². The monoisotopic (exact) mass is 394 g/mol. The number of carbonyl (C=O) groups is 2. The topological polar surface area (TPSA) is 79.6 Å². The molecule has 2 aliphatic rings. The van der Waals surface area contributed by atoms with Crippen molar-refractivity contribution in [2.75, 3.05) is 13.1 Å². The lowest BCUT2D eigenvalue weighted by Gasteiger charge is -2.33. The van der Waals surface area contributed by atoms with E-state index in [0.717, 1.165) is 55.3 Å². The van der Waals surface area contributed by atoms with Crippen LogP contribution in [0.2, 0.25) is 0 Å². The highest BCUT2D eigenvalue weighted by molar-refractivity contribution is 5.94. The highest BCUT2D eigenvalue weighted by Gasteiger charge is 2.28. The van der Waals surface area contributed by atoms with Crippen LogP contribution in [-0.2, 0) is 19.9 Å². The fraction of sp³-hybridized carbons (Fsp3) is 0.435. The summed E-state index contributed by atoms with van der Waals surface area (Å²) in [6, 6.07) is 8.75. The molecule has 0 spiro atoms. The SMILES string of the molecule is Cn1c2c(cc(C(=O)N3CCC[C@@H](c4cccc(C(=O)O)c4)C3)c1=O)CCCC2. The lowest BCUT2D eigenvalue weighted by Crippen LogP contribution is -2.42. The second kappa shape index (κ2) is 7.85. The summed E-state index contributed by atoms with van der Waals surface area (Å²) in [4.78, 5) is 39.1. The molecule has 0 unspecified atom stereocenters. The van der Waals surface area contributed by atoms with Crippen molar-refractivity contribution in [1.29, 1.82) is 0 Å². The maximum absolute atomic E-state index is 13.2. The van der Waals surface area contributed by atoms with Gasteiger partial charge in [0.15, 0.2) is 0 Å². The van der Waals surface area contributed by atoms with Gasteiger partial charge in [-0.15, -0.1) is 0 Å². The van der Waals surface area contributed by atoms with E-state index in [9.17, 15) is 19.5 Å². The Labute approximate surface area is 169 Å². The summed E-state index contributed by atoms with van der Waals surface area (Å²) in [5.74, 6) is -1.08. The molecule has 1 saturated heterocycles. The predicted molar refractivity (Wildman–Crippen MR) is 110 cm³/mol. The number of aromatic nitrogens is 1. The number of piperidine rings is 1. The van der Waals surface area contributed by atoms with E-state index in [1.165, 1.54) is 0 Å². The molecule has 4 rings (SSSR count). The van der Waals surface area contributed by atoms with Gasteiger partial charge in [-0.05, 0) is 67.9 Å². The molecule has 6 nitrogen and oxygen atoms in total. The summed E-state index contributed by atoms with van der Waals surface area (Å²) < 4.78 is 1.65. The zero-order valence-corrected chi connectivity index (χ0v) is 16.7. The van der Waals surface area contributed by atoms with Gasteiger partial charge < -0.3 is 14.6 Å². The van der Waals surface area contributed by atoms with Gasteiger partial charge in [0, 0.05) is 31.7 Å². The first kappa shape index (κ1) is 19.4. The number of pyridine rings is 1. The molecule has 0 radical (unpaired) electrons. The first-order valence-electron chi connectivity index (χ1n) is 10.3. The maximum Gasteiger partial charge on any atom is 0.335 e. The Morgan fingerprint density at radius 3 is 2.69 bits per heavy atom. The van der Waals surface area contributed by atoms with Crippen molar-refractivity contribution in [1.82, 2.24) is 9.47 Å². The van der Waals surface area contributed by atoms with Crippen LogP contribution < -0.4 is 5.56 Å². The molecular formula is C23H26N2O4. The number of aromatic carboxylic acids is 1. The number of aryl methyl sites for hydroxylation is 1. The molecule has 1 N–H and O–H groups in total. The molecule has 1 aromatic carbocycles. The fourth-order valence-electron chi connectivity index (χ4n) is 4.67. The molecule has 6 heteroatoms. The van der Waals surface area contributed by atoms with E-state index >= 15 is 0 Å². The molecule has 1 aromatic heterocycles. The highest BCUT2D eigenvalue weighted by Crippen LogP contribution is 2.28. The Bertz CT molecular complexity index is 1020. The lowest BCUT2D eigenvalue weighted by molar-refractivity contribution is 0.0687. The number of hydrogen-bond acceptors (Lipinski definition) is 3. The van der Waals surface area contributed by atoms with E-state index in [4.69, 9.17) is 0 Å². The number of benzene rings is 1. The number of likely N-dealkylation sites (tertiary alicyclic amines) is 1. The van der Waals surface area contributed by atoms with Gasteiger partial charge in [0.2, 0.25) is 0 Å². The second-order valence-corrected chi connectivity index (χ2v) is 8.12. The van der Waals surface area contributed by atoms with Crippen LogP contribution in [0.5, 0.6) is 0 Å². The largest absolute Gasteiger partial charge is 0.478 e. The van der Waals surface area contributed by atoms with Crippen LogP contribution >= 0.6 is 0 Å². The molecule has 29 heavy (non-hydrogen) atoms. The molecule has 0 bridgehead atoms. The highest BCUT2D eigenvalue weighted by atomic mass is 16.4. The van der Waals surface area contributed by atoms with Crippen LogP contribution in [0, 0.1) is 0 Å². The summed E-state index contributed by atoms with van der Waals surface area (Å²) in [6.07, 6.45) is 5.70. The van der Waals surface area contributed by atoms with E-state index in [1.54, 1.807) is 34.7 Å².